The first-order chi connectivity index (χ1) is 10.5. The van der Waals surface area contributed by atoms with Gasteiger partial charge in [0.1, 0.15) is 0 Å². The molecule has 0 amide bonds. The molecule has 0 spiro atoms. The third-order valence-corrected chi connectivity index (χ3v) is 2.91. The van der Waals surface area contributed by atoms with Crippen LogP contribution in [0.5, 0.6) is 0 Å². The fourth-order valence-electron chi connectivity index (χ4n) is 1.81. The van der Waals surface area contributed by atoms with Gasteiger partial charge in [-0.2, -0.15) is 0 Å². The molecule has 0 saturated heterocycles. The first-order valence-corrected chi connectivity index (χ1v) is 7.06. The molecule has 1 heterocycles. The number of ether oxygens (including phenoxy) is 1. The summed E-state index contributed by atoms with van der Waals surface area (Å²) in [7, 11) is 0. The molecule has 0 saturated carbocycles. The van der Waals surface area contributed by atoms with Crippen molar-refractivity contribution in [2.24, 2.45) is 0 Å². The van der Waals surface area contributed by atoms with Crippen LogP contribution >= 0.6 is 0 Å². The van der Waals surface area contributed by atoms with Gasteiger partial charge in [-0.25, -0.2) is 24.2 Å². The van der Waals surface area contributed by atoms with E-state index in [2.05, 4.69) is 14.5 Å². The lowest BCUT2D eigenvalue weighted by Gasteiger charge is -2.06. The predicted octanol–water partition coefficient (Wildman–Crippen LogP) is 1.63. The predicted molar refractivity (Wildman–Crippen MR) is 70.9 cm³/mol. The van der Waals surface area contributed by atoms with Gasteiger partial charge in [0.05, 0.1) is 12.5 Å². The number of cyclic esters (lactones) is 1. The zero-order valence-corrected chi connectivity index (χ0v) is 12.0. The van der Waals surface area contributed by atoms with E-state index < -0.39 is 29.6 Å². The highest BCUT2D eigenvalue weighted by Gasteiger charge is 2.18. The molecule has 0 bridgehead atoms. The van der Waals surface area contributed by atoms with Gasteiger partial charge in [-0.15, -0.1) is 0 Å². The Kier molecular flexibility index (Phi) is 7.66. The van der Waals surface area contributed by atoms with Gasteiger partial charge in [-0.3, -0.25) is 4.79 Å². The molecule has 122 valence electrons. The van der Waals surface area contributed by atoms with Crippen molar-refractivity contribution < 1.29 is 38.8 Å². The van der Waals surface area contributed by atoms with Crippen molar-refractivity contribution in [1.82, 2.24) is 0 Å². The first-order valence-electron chi connectivity index (χ1n) is 7.06. The summed E-state index contributed by atoms with van der Waals surface area (Å²) in [6.45, 7) is 0. The smallest absolute Gasteiger partial charge is 0.383 e. The molecule has 0 aromatic rings. The van der Waals surface area contributed by atoms with Crippen LogP contribution in [0.1, 0.15) is 51.4 Å². The number of esters is 1. The van der Waals surface area contributed by atoms with Gasteiger partial charge in [0.25, 0.3) is 0 Å². The van der Waals surface area contributed by atoms with Crippen LogP contribution in [0.15, 0.2) is 11.8 Å². The Morgan fingerprint density at radius 3 is 2.00 bits per heavy atom. The zero-order valence-electron chi connectivity index (χ0n) is 12.0. The number of carboxylic acid groups (broad SMARTS) is 1. The average Bonchev–Trinajstić information content (AvgIpc) is 2.46. The van der Waals surface area contributed by atoms with Crippen LogP contribution in [0.2, 0.25) is 0 Å². The Balaban J connectivity index is 2.71. The highest BCUT2D eigenvalue weighted by Crippen LogP contribution is 2.11. The van der Waals surface area contributed by atoms with E-state index in [9.17, 15) is 19.2 Å². The highest BCUT2D eigenvalue weighted by atomic mass is 17.2. The molecule has 0 aromatic carbocycles. The number of carbonyl (C=O) groups excluding carboxylic acids is 3. The fourth-order valence-corrected chi connectivity index (χ4v) is 1.81. The van der Waals surface area contributed by atoms with Crippen LogP contribution in [0, 0.1) is 0 Å². The second-order valence-electron chi connectivity index (χ2n) is 4.77. The van der Waals surface area contributed by atoms with Gasteiger partial charge in [0, 0.05) is 6.42 Å². The third-order valence-electron chi connectivity index (χ3n) is 2.91. The Hall–Kier alpha value is -2.38. The number of hydrogen-bond acceptors (Lipinski definition) is 7. The maximum atomic E-state index is 11.5. The van der Waals surface area contributed by atoms with Crippen molar-refractivity contribution in [3.8, 4) is 0 Å². The Bertz CT molecular complexity index is 465. The van der Waals surface area contributed by atoms with E-state index >= 15 is 0 Å². The Morgan fingerprint density at radius 2 is 1.41 bits per heavy atom. The maximum absolute atomic E-state index is 11.5. The highest BCUT2D eigenvalue weighted by molar-refractivity contribution is 5.95. The van der Waals surface area contributed by atoms with E-state index in [4.69, 9.17) is 5.11 Å². The molecule has 0 radical (unpaired) electrons. The van der Waals surface area contributed by atoms with Gasteiger partial charge >= 0.3 is 23.9 Å². The number of rotatable bonds is 1. The van der Waals surface area contributed by atoms with Gasteiger partial charge < -0.3 is 9.84 Å². The van der Waals surface area contributed by atoms with Crippen LogP contribution in [0.25, 0.3) is 0 Å². The number of hydrogen-bond donors (Lipinski definition) is 1. The third kappa shape index (κ3) is 7.41. The molecule has 1 N–H and O–H groups in total. The summed E-state index contributed by atoms with van der Waals surface area (Å²) >= 11 is 0. The van der Waals surface area contributed by atoms with Crippen molar-refractivity contribution in [3.63, 3.8) is 0 Å². The topological polar surface area (TPSA) is 116 Å². The van der Waals surface area contributed by atoms with E-state index in [0.29, 0.717) is 18.9 Å². The maximum Gasteiger partial charge on any atom is 0.383 e. The Morgan fingerprint density at radius 1 is 0.864 bits per heavy atom. The van der Waals surface area contributed by atoms with Crippen molar-refractivity contribution in [2.45, 2.75) is 51.4 Å². The van der Waals surface area contributed by atoms with Crippen molar-refractivity contribution >= 4 is 23.9 Å². The fraction of sp³-hybridized carbons (Fsp3) is 0.571. The summed E-state index contributed by atoms with van der Waals surface area (Å²) in [5, 5.41) is 8.85. The summed E-state index contributed by atoms with van der Waals surface area (Å²) in [4.78, 5) is 53.3. The van der Waals surface area contributed by atoms with E-state index in [-0.39, 0.29) is 12.8 Å². The number of aliphatic carboxylic acids is 1. The SMILES string of the molecule is O=C1/C=C(\C(=O)O)OC(=O)CCCCCCCCC(=O)OO1. The molecule has 0 atom stereocenters. The molecule has 8 heteroatoms. The lowest BCUT2D eigenvalue weighted by Crippen LogP contribution is -2.15. The molecule has 0 aromatic heterocycles. The van der Waals surface area contributed by atoms with Crippen LogP contribution in [-0.2, 0) is 33.7 Å². The molecular weight excluding hydrogens is 296 g/mol. The second kappa shape index (κ2) is 9.54. The lowest BCUT2D eigenvalue weighted by molar-refractivity contribution is -0.255. The van der Waals surface area contributed by atoms with Gasteiger partial charge in [0.2, 0.25) is 5.76 Å². The van der Waals surface area contributed by atoms with Crippen molar-refractivity contribution in [1.29, 1.82) is 0 Å². The summed E-state index contributed by atoms with van der Waals surface area (Å²) < 4.78 is 4.59. The van der Waals surface area contributed by atoms with Gasteiger partial charge in [-0.1, -0.05) is 25.7 Å². The normalized spacial score (nSPS) is 21.8. The van der Waals surface area contributed by atoms with Crippen LogP contribution < -0.4 is 0 Å². The number of carboxylic acids is 1. The summed E-state index contributed by atoms with van der Waals surface area (Å²) in [5.74, 6) is -5.19. The molecule has 1 rings (SSSR count). The van der Waals surface area contributed by atoms with E-state index in [0.717, 1.165) is 25.7 Å². The van der Waals surface area contributed by atoms with Crippen LogP contribution in [-0.4, -0.2) is 29.0 Å². The standard InChI is InChI=1S/C14H18O8/c15-11-7-5-3-1-2-4-6-8-12(16)21-22-13(17)9-10(20-11)14(18)19/h9H,1-8H2,(H,18,19)/b10-9+. The first kappa shape index (κ1) is 17.7. The molecule has 1 aliphatic heterocycles. The van der Waals surface area contributed by atoms with E-state index in [1.807, 2.05) is 0 Å². The van der Waals surface area contributed by atoms with E-state index in [1.165, 1.54) is 0 Å². The number of carbonyl (C=O) groups is 4. The van der Waals surface area contributed by atoms with Crippen LogP contribution in [0.3, 0.4) is 0 Å². The minimum atomic E-state index is -1.60. The zero-order chi connectivity index (χ0) is 16.4. The van der Waals surface area contributed by atoms with Crippen LogP contribution in [0.4, 0.5) is 0 Å². The van der Waals surface area contributed by atoms with E-state index in [1.54, 1.807) is 0 Å². The molecule has 0 aliphatic carbocycles. The monoisotopic (exact) mass is 314 g/mol. The average molecular weight is 314 g/mol. The minimum Gasteiger partial charge on any atom is -0.475 e. The van der Waals surface area contributed by atoms with Gasteiger partial charge in [-0.05, 0) is 12.8 Å². The molecular formula is C14H18O8. The largest absolute Gasteiger partial charge is 0.475 e. The molecule has 0 fully saturated rings. The summed E-state index contributed by atoms with van der Waals surface area (Å²) in [6.07, 6.45) is 5.23. The Labute approximate surface area is 126 Å². The molecule has 0 unspecified atom stereocenters. The minimum absolute atomic E-state index is 0.0641. The quantitative estimate of drug-likeness (QED) is 0.573. The summed E-state index contributed by atoms with van der Waals surface area (Å²) in [5.41, 5.74) is 0. The molecule has 22 heavy (non-hydrogen) atoms. The molecule has 1 aliphatic rings. The molecule has 8 nitrogen and oxygen atoms in total. The van der Waals surface area contributed by atoms with Crippen molar-refractivity contribution in [3.05, 3.63) is 11.8 Å². The van der Waals surface area contributed by atoms with Crippen molar-refractivity contribution in [2.75, 3.05) is 0 Å². The van der Waals surface area contributed by atoms with Gasteiger partial charge in [0.15, 0.2) is 0 Å². The summed E-state index contributed by atoms with van der Waals surface area (Å²) in [6, 6.07) is 0. The lowest BCUT2D eigenvalue weighted by atomic mass is 10.1. The second-order valence-corrected chi connectivity index (χ2v) is 4.77.